The Bertz CT molecular complexity index is 463. The summed E-state index contributed by atoms with van der Waals surface area (Å²) in [7, 11) is -3.53. The zero-order valence-electron chi connectivity index (χ0n) is 14.1. The maximum Gasteiger partial charge on any atom is 0.496 e. The first-order valence-corrected chi connectivity index (χ1v) is 11.1. The molecular weight excluding hydrogens is 336 g/mol. The molecule has 1 saturated heterocycles. The standard InChI is InChI=1S/C16H29O5S2/c1-2-3-4-6-9-15(17)10-7-5-8-13-23(18,19)21-16-14-20-11-12-22-16/h2-14H2,1H3/q+1. The van der Waals surface area contributed by atoms with Crippen LogP contribution in [0.15, 0.2) is 0 Å². The van der Waals surface area contributed by atoms with Gasteiger partial charge in [0.15, 0.2) is 6.61 Å². The topological polar surface area (TPSA) is 71.7 Å². The number of Topliss-reactive ketones (excluding diaryl/α,β-unsaturated/α-hetero) is 1. The number of hydrogen-bond donors (Lipinski definition) is 0. The number of carbonyl (C=O) groups is 1. The maximum absolute atomic E-state index is 11.8. The molecule has 0 aromatic rings. The molecule has 23 heavy (non-hydrogen) atoms. The number of carbonyl (C=O) groups excluding carboxylic acids is 2. The molecule has 0 aliphatic carbocycles. The van der Waals surface area contributed by atoms with Gasteiger partial charge in [-0.15, -0.1) is 12.3 Å². The van der Waals surface area contributed by atoms with Crippen LogP contribution in [-0.4, -0.2) is 44.0 Å². The van der Waals surface area contributed by atoms with Crippen LogP contribution in [0.3, 0.4) is 0 Å². The van der Waals surface area contributed by atoms with Crippen LogP contribution in [-0.2, 0) is 23.5 Å². The molecule has 1 fully saturated rings. The molecule has 1 heterocycles. The van der Waals surface area contributed by atoms with E-state index in [1.807, 2.05) is 0 Å². The monoisotopic (exact) mass is 365 g/mol. The van der Waals surface area contributed by atoms with Crippen LogP contribution in [0.25, 0.3) is 0 Å². The Balaban J connectivity index is 2.10. The molecular formula is C16H29O5S2+. The van der Waals surface area contributed by atoms with Crippen LogP contribution in [0.1, 0.15) is 64.7 Å². The molecule has 0 saturated carbocycles. The van der Waals surface area contributed by atoms with Crippen molar-refractivity contribution in [1.29, 1.82) is 0 Å². The van der Waals surface area contributed by atoms with Crippen molar-refractivity contribution in [2.24, 2.45) is 0 Å². The van der Waals surface area contributed by atoms with Gasteiger partial charge in [0.2, 0.25) is 0 Å². The zero-order chi connectivity index (χ0) is 17.0. The average molecular weight is 366 g/mol. The molecule has 0 aromatic carbocycles. The molecule has 5 nitrogen and oxygen atoms in total. The minimum absolute atomic E-state index is 0.00174. The van der Waals surface area contributed by atoms with Gasteiger partial charge < -0.3 is 4.74 Å². The van der Waals surface area contributed by atoms with E-state index in [-0.39, 0.29) is 12.4 Å². The van der Waals surface area contributed by atoms with Crippen molar-refractivity contribution in [2.45, 2.75) is 64.7 Å². The van der Waals surface area contributed by atoms with Crippen molar-refractivity contribution in [3.05, 3.63) is 0 Å². The highest BCUT2D eigenvalue weighted by atomic mass is 32.2. The van der Waals surface area contributed by atoms with Gasteiger partial charge in [-0.05, 0) is 31.0 Å². The Hall–Kier alpha value is -0.400. The van der Waals surface area contributed by atoms with E-state index in [0.29, 0.717) is 36.8 Å². The summed E-state index contributed by atoms with van der Waals surface area (Å²) in [6.07, 6.45) is 7.72. The summed E-state index contributed by atoms with van der Waals surface area (Å²) in [5.41, 5.74) is 0. The highest BCUT2D eigenvalue weighted by Crippen LogP contribution is 2.11. The smallest absolute Gasteiger partial charge is 0.366 e. The van der Waals surface area contributed by atoms with Crippen LogP contribution in [0.5, 0.6) is 0 Å². The lowest BCUT2D eigenvalue weighted by Crippen LogP contribution is -2.20. The number of thioether (sulfide) groups is 1. The first kappa shape index (κ1) is 20.6. The number of ether oxygens (including phenoxy) is 1. The summed E-state index contributed by atoms with van der Waals surface area (Å²) >= 11 is 1.39. The molecule has 0 radical (unpaired) electrons. The van der Waals surface area contributed by atoms with Crippen molar-refractivity contribution in [3.8, 4) is 0 Å². The molecule has 1 aliphatic heterocycles. The van der Waals surface area contributed by atoms with E-state index in [2.05, 4.69) is 6.92 Å². The fourth-order valence-electron chi connectivity index (χ4n) is 2.29. The molecule has 0 aromatic heterocycles. The quantitative estimate of drug-likeness (QED) is 0.392. The van der Waals surface area contributed by atoms with Crippen LogP contribution in [0, 0.1) is 0 Å². The summed E-state index contributed by atoms with van der Waals surface area (Å²) in [6.45, 7) is 3.03. The van der Waals surface area contributed by atoms with Gasteiger partial charge in [0.25, 0.3) is 0 Å². The molecule has 0 spiro atoms. The van der Waals surface area contributed by atoms with Crippen LogP contribution in [0.4, 0.5) is 0 Å². The van der Waals surface area contributed by atoms with Crippen molar-refractivity contribution in [3.63, 3.8) is 0 Å². The molecule has 134 valence electrons. The first-order chi connectivity index (χ1) is 11.0. The van der Waals surface area contributed by atoms with Crippen molar-refractivity contribution >= 4 is 32.8 Å². The fourth-order valence-corrected chi connectivity index (χ4v) is 4.37. The Morgan fingerprint density at radius 1 is 1.13 bits per heavy atom. The molecule has 7 heteroatoms. The number of rotatable bonds is 12. The van der Waals surface area contributed by atoms with Crippen molar-refractivity contribution in [2.75, 3.05) is 24.7 Å². The highest BCUT2D eigenvalue weighted by Gasteiger charge is 2.27. The minimum Gasteiger partial charge on any atom is -0.366 e. The van der Waals surface area contributed by atoms with Gasteiger partial charge >= 0.3 is 15.2 Å². The third-order valence-corrected chi connectivity index (χ3v) is 5.83. The molecule has 0 amide bonds. The third kappa shape index (κ3) is 10.9. The number of ketones is 1. The summed E-state index contributed by atoms with van der Waals surface area (Å²) < 4.78 is 33.8. The first-order valence-electron chi connectivity index (χ1n) is 8.53. The van der Waals surface area contributed by atoms with Gasteiger partial charge in [-0.3, -0.25) is 4.79 Å². The Labute approximate surface area is 144 Å². The van der Waals surface area contributed by atoms with Crippen molar-refractivity contribution < 1.29 is 21.8 Å². The highest BCUT2D eigenvalue weighted by molar-refractivity contribution is 8.14. The normalized spacial score (nSPS) is 17.5. The molecule has 0 N–H and O–H groups in total. The van der Waals surface area contributed by atoms with Crippen LogP contribution in [0.2, 0.25) is 0 Å². The Kier molecular flexibility index (Phi) is 10.8. The average Bonchev–Trinajstić information content (AvgIpc) is 2.51. The van der Waals surface area contributed by atoms with Gasteiger partial charge in [0.1, 0.15) is 11.5 Å². The number of unbranched alkanes of at least 4 members (excludes halogenated alkanes) is 5. The van der Waals surface area contributed by atoms with E-state index in [1.165, 1.54) is 24.6 Å². The van der Waals surface area contributed by atoms with E-state index in [0.717, 1.165) is 31.4 Å². The molecule has 0 bridgehead atoms. The van der Waals surface area contributed by atoms with E-state index in [9.17, 15) is 13.2 Å². The molecule has 0 unspecified atom stereocenters. The molecule has 1 rings (SSSR count). The second kappa shape index (κ2) is 12.0. The van der Waals surface area contributed by atoms with Gasteiger partial charge in [-0.25, -0.2) is 0 Å². The van der Waals surface area contributed by atoms with Crippen LogP contribution < -0.4 is 0 Å². The van der Waals surface area contributed by atoms with Crippen LogP contribution >= 0.6 is 11.8 Å². The van der Waals surface area contributed by atoms with Gasteiger partial charge in [0, 0.05) is 18.6 Å². The van der Waals surface area contributed by atoms with Gasteiger partial charge in [-0.1, -0.05) is 32.6 Å². The predicted octanol–water partition coefficient (Wildman–Crippen LogP) is 3.24. The second-order valence-corrected chi connectivity index (χ2v) is 8.62. The summed E-state index contributed by atoms with van der Waals surface area (Å²) in [4.78, 5) is 11.7. The lowest BCUT2D eigenvalue weighted by Gasteiger charge is -2.04. The maximum atomic E-state index is 11.8. The molecule has 0 atom stereocenters. The Morgan fingerprint density at radius 3 is 2.43 bits per heavy atom. The SMILES string of the molecule is CCCCCCC(=O)CCCCCS(=O)(=O)[O+]=C1COCCS1. The fraction of sp³-hybridized carbons (Fsp3) is 0.875. The van der Waals surface area contributed by atoms with E-state index < -0.39 is 10.1 Å². The number of hydrogen-bond acceptors (Lipinski definition) is 5. The third-order valence-electron chi connectivity index (χ3n) is 3.59. The largest absolute Gasteiger partial charge is 0.496 e. The summed E-state index contributed by atoms with van der Waals surface area (Å²) in [5, 5.41) is 0.429. The zero-order valence-corrected chi connectivity index (χ0v) is 15.7. The minimum atomic E-state index is -3.53. The predicted molar refractivity (Wildman–Crippen MR) is 94.3 cm³/mol. The Morgan fingerprint density at radius 2 is 1.83 bits per heavy atom. The second-order valence-electron chi connectivity index (χ2n) is 5.78. The van der Waals surface area contributed by atoms with Crippen molar-refractivity contribution in [1.82, 2.24) is 0 Å². The molecule has 1 aliphatic rings. The summed E-state index contributed by atoms with van der Waals surface area (Å²) in [6, 6.07) is 0. The van der Waals surface area contributed by atoms with E-state index >= 15 is 0 Å². The lowest BCUT2D eigenvalue weighted by molar-refractivity contribution is -0.267. The van der Waals surface area contributed by atoms with Gasteiger partial charge in [-0.2, -0.15) is 0 Å². The summed E-state index contributed by atoms with van der Waals surface area (Å²) in [5.74, 6) is 1.03. The van der Waals surface area contributed by atoms with Gasteiger partial charge in [0.05, 0.1) is 6.61 Å². The van der Waals surface area contributed by atoms with E-state index in [4.69, 9.17) is 8.61 Å². The lowest BCUT2D eigenvalue weighted by atomic mass is 10.1. The van der Waals surface area contributed by atoms with E-state index in [1.54, 1.807) is 0 Å².